The average molecular weight is 423 g/mol. The molecule has 154 valence electrons. The summed E-state index contributed by atoms with van der Waals surface area (Å²) in [6, 6.07) is 16.9. The molecule has 2 heterocycles. The molecular formula is C21H21N5O3S. The van der Waals surface area contributed by atoms with E-state index in [0.717, 1.165) is 17.0 Å². The number of anilines is 1. The van der Waals surface area contributed by atoms with Gasteiger partial charge in [0, 0.05) is 26.5 Å². The van der Waals surface area contributed by atoms with Crippen LogP contribution in [0.4, 0.5) is 5.69 Å². The molecule has 1 amide bonds. The summed E-state index contributed by atoms with van der Waals surface area (Å²) in [6.45, 7) is 2.91. The minimum absolute atomic E-state index is 0.174. The lowest BCUT2D eigenvalue weighted by Crippen LogP contribution is -2.61. The van der Waals surface area contributed by atoms with E-state index >= 15 is 0 Å². The van der Waals surface area contributed by atoms with E-state index < -0.39 is 5.12 Å². The van der Waals surface area contributed by atoms with Crippen molar-refractivity contribution in [3.8, 4) is 5.75 Å². The monoisotopic (exact) mass is 423 g/mol. The minimum atomic E-state index is -1.16. The highest BCUT2D eigenvalue weighted by molar-refractivity contribution is 8.17. The summed E-state index contributed by atoms with van der Waals surface area (Å²) in [5.41, 5.74) is 1.55. The number of amides is 1. The van der Waals surface area contributed by atoms with Gasteiger partial charge in [-0.2, -0.15) is 10.1 Å². The summed E-state index contributed by atoms with van der Waals surface area (Å²) in [7, 11) is 3.45. The van der Waals surface area contributed by atoms with Gasteiger partial charge in [0.1, 0.15) is 5.75 Å². The van der Waals surface area contributed by atoms with E-state index in [1.807, 2.05) is 66.5 Å². The Balaban J connectivity index is 1.84. The van der Waals surface area contributed by atoms with Gasteiger partial charge in [0.25, 0.3) is 5.12 Å². The van der Waals surface area contributed by atoms with Crippen LogP contribution in [0.1, 0.15) is 19.4 Å². The van der Waals surface area contributed by atoms with Gasteiger partial charge in [0.05, 0.1) is 12.8 Å². The van der Waals surface area contributed by atoms with Gasteiger partial charge in [0.15, 0.2) is 16.7 Å². The molecule has 8 nitrogen and oxygen atoms in total. The van der Waals surface area contributed by atoms with Gasteiger partial charge in [-0.1, -0.05) is 18.2 Å². The van der Waals surface area contributed by atoms with Crippen molar-refractivity contribution >= 4 is 40.0 Å². The molecule has 1 atom stereocenters. The number of nitrogens with zero attached hydrogens (tertiary/aromatic N) is 5. The third-order valence-electron chi connectivity index (χ3n) is 4.87. The average Bonchev–Trinajstić information content (AvgIpc) is 3.29. The molecule has 0 saturated carbocycles. The Morgan fingerprint density at radius 2 is 1.67 bits per heavy atom. The SMILES string of the molecule is COc1ccc(C2=NN(C(C)=O)[C@@]3(SC(C(C)=O)=NN3c3ccccc3)N2C)cc1. The molecule has 9 heteroatoms. The molecule has 0 radical (unpaired) electrons. The number of para-hydroxylation sites is 1. The molecule has 0 aliphatic carbocycles. The Morgan fingerprint density at radius 1 is 1.00 bits per heavy atom. The molecule has 2 aliphatic rings. The normalized spacial score (nSPS) is 20.5. The van der Waals surface area contributed by atoms with Crippen LogP contribution in [0.5, 0.6) is 5.75 Å². The van der Waals surface area contributed by atoms with Gasteiger partial charge in [0.2, 0.25) is 5.91 Å². The van der Waals surface area contributed by atoms with Gasteiger partial charge in [-0.15, -0.1) is 5.10 Å². The lowest BCUT2D eigenvalue weighted by Gasteiger charge is -2.42. The summed E-state index contributed by atoms with van der Waals surface area (Å²) in [6.07, 6.45) is 0. The van der Waals surface area contributed by atoms with Crippen LogP contribution in [0, 0.1) is 0 Å². The first kappa shape index (κ1) is 20.0. The summed E-state index contributed by atoms with van der Waals surface area (Å²) in [5.74, 6) is 0.870. The molecule has 0 bridgehead atoms. The first-order chi connectivity index (χ1) is 14.4. The first-order valence-corrected chi connectivity index (χ1v) is 10.1. The van der Waals surface area contributed by atoms with Crippen LogP contribution >= 0.6 is 11.8 Å². The predicted molar refractivity (Wildman–Crippen MR) is 117 cm³/mol. The zero-order valence-electron chi connectivity index (χ0n) is 17.1. The van der Waals surface area contributed by atoms with Crippen LogP contribution in [0.15, 0.2) is 64.8 Å². The van der Waals surface area contributed by atoms with E-state index in [1.165, 1.54) is 30.6 Å². The smallest absolute Gasteiger partial charge is 0.292 e. The lowest BCUT2D eigenvalue weighted by molar-refractivity contribution is -0.133. The van der Waals surface area contributed by atoms with E-state index in [9.17, 15) is 9.59 Å². The summed E-state index contributed by atoms with van der Waals surface area (Å²) < 4.78 is 5.24. The first-order valence-electron chi connectivity index (χ1n) is 9.30. The van der Waals surface area contributed by atoms with E-state index in [4.69, 9.17) is 4.74 Å². The van der Waals surface area contributed by atoms with Gasteiger partial charge < -0.3 is 9.64 Å². The Hall–Kier alpha value is -3.33. The minimum Gasteiger partial charge on any atom is -0.497 e. The van der Waals surface area contributed by atoms with Gasteiger partial charge in [-0.25, -0.2) is 5.01 Å². The van der Waals surface area contributed by atoms with Gasteiger partial charge >= 0.3 is 0 Å². The van der Waals surface area contributed by atoms with E-state index in [2.05, 4.69) is 10.2 Å². The van der Waals surface area contributed by atoms with Crippen molar-refractivity contribution in [2.24, 2.45) is 10.2 Å². The molecule has 2 aliphatic heterocycles. The zero-order valence-corrected chi connectivity index (χ0v) is 17.9. The second-order valence-corrected chi connectivity index (χ2v) is 7.97. The standard InChI is InChI=1S/C21H21N5O3S/c1-14(27)20-23-26(17-8-6-5-7-9-17)21(30-20)24(3)19(22-25(21)15(2)28)16-10-12-18(29-4)13-11-16/h5-13H,1-4H3/t21-/m0/s1. The quantitative estimate of drug-likeness (QED) is 0.753. The fourth-order valence-corrected chi connectivity index (χ4v) is 4.64. The highest BCUT2D eigenvalue weighted by Crippen LogP contribution is 2.48. The molecule has 4 rings (SSSR count). The Bertz CT molecular complexity index is 1050. The number of carbonyl (C=O) groups is 2. The maximum Gasteiger partial charge on any atom is 0.292 e. The van der Waals surface area contributed by atoms with Crippen molar-refractivity contribution in [2.75, 3.05) is 19.2 Å². The maximum atomic E-state index is 12.7. The van der Waals surface area contributed by atoms with Crippen molar-refractivity contribution in [1.82, 2.24) is 9.91 Å². The Morgan fingerprint density at radius 3 is 2.23 bits per heavy atom. The molecule has 0 unspecified atom stereocenters. The molecule has 0 fully saturated rings. The van der Waals surface area contributed by atoms with Crippen LogP contribution in [0.25, 0.3) is 0 Å². The fraction of sp³-hybridized carbons (Fsp3) is 0.238. The Kier molecular flexibility index (Phi) is 4.98. The van der Waals surface area contributed by atoms with Crippen LogP contribution in [0.2, 0.25) is 0 Å². The van der Waals surface area contributed by atoms with Crippen LogP contribution < -0.4 is 9.75 Å². The molecule has 1 spiro atoms. The highest BCUT2D eigenvalue weighted by Gasteiger charge is 2.59. The summed E-state index contributed by atoms with van der Waals surface area (Å²) in [5, 5.41) is 11.4. The maximum absolute atomic E-state index is 12.7. The molecule has 30 heavy (non-hydrogen) atoms. The fourth-order valence-electron chi connectivity index (χ4n) is 3.40. The van der Waals surface area contributed by atoms with Crippen LogP contribution in [-0.2, 0) is 9.59 Å². The second-order valence-electron chi connectivity index (χ2n) is 6.83. The van der Waals surface area contributed by atoms with Gasteiger partial charge in [-0.05, 0) is 48.2 Å². The number of hydrogen-bond donors (Lipinski definition) is 0. The lowest BCUT2D eigenvalue weighted by atomic mass is 10.2. The zero-order chi connectivity index (χ0) is 21.5. The summed E-state index contributed by atoms with van der Waals surface area (Å²) in [4.78, 5) is 26.8. The molecule has 0 aromatic heterocycles. The number of hydrazone groups is 2. The number of carbonyl (C=O) groups excluding carboxylic acids is 2. The van der Waals surface area contributed by atoms with E-state index in [1.54, 1.807) is 12.1 Å². The third kappa shape index (κ3) is 3.02. The molecule has 2 aromatic carbocycles. The topological polar surface area (TPSA) is 77.8 Å². The number of ether oxygens (including phenoxy) is 1. The number of thioether (sulfide) groups is 1. The Labute approximate surface area is 178 Å². The summed E-state index contributed by atoms with van der Waals surface area (Å²) >= 11 is 1.20. The second kappa shape index (κ2) is 7.49. The van der Waals surface area contributed by atoms with Crippen molar-refractivity contribution in [3.63, 3.8) is 0 Å². The highest BCUT2D eigenvalue weighted by atomic mass is 32.2. The molecule has 0 saturated heterocycles. The van der Waals surface area contributed by atoms with E-state index in [0.29, 0.717) is 10.9 Å². The van der Waals surface area contributed by atoms with Crippen molar-refractivity contribution in [3.05, 3.63) is 60.2 Å². The molecule has 0 N–H and O–H groups in total. The largest absolute Gasteiger partial charge is 0.497 e. The number of hydrogen-bond acceptors (Lipinski definition) is 8. The van der Waals surface area contributed by atoms with Crippen molar-refractivity contribution < 1.29 is 14.3 Å². The number of Topliss-reactive ketones (excluding diaryl/α,β-unsaturated/α-hetero) is 1. The van der Waals surface area contributed by atoms with Crippen molar-refractivity contribution in [2.45, 2.75) is 19.0 Å². The number of amidine groups is 1. The molecular weight excluding hydrogens is 402 g/mol. The molecule has 2 aromatic rings. The number of rotatable bonds is 4. The number of ketones is 1. The van der Waals surface area contributed by atoms with E-state index in [-0.39, 0.29) is 11.7 Å². The van der Waals surface area contributed by atoms with Crippen LogP contribution in [0.3, 0.4) is 0 Å². The number of benzene rings is 2. The van der Waals surface area contributed by atoms with Crippen LogP contribution in [-0.4, -0.2) is 51.8 Å². The van der Waals surface area contributed by atoms with Crippen molar-refractivity contribution in [1.29, 1.82) is 0 Å². The predicted octanol–water partition coefficient (Wildman–Crippen LogP) is 2.92. The third-order valence-corrected chi connectivity index (χ3v) is 6.33. The number of methoxy groups -OCH3 is 1. The van der Waals surface area contributed by atoms with Gasteiger partial charge in [-0.3, -0.25) is 9.59 Å².